The van der Waals surface area contributed by atoms with Crippen LogP contribution >= 0.6 is 0 Å². The largest absolute Gasteiger partial charge is 0.281 e. The van der Waals surface area contributed by atoms with Crippen molar-refractivity contribution in [3.05, 3.63) is 11.9 Å². The molecule has 1 unspecified atom stereocenters. The highest BCUT2D eigenvalue weighted by atomic mass is 32.2. The van der Waals surface area contributed by atoms with Gasteiger partial charge in [-0.25, -0.2) is 8.42 Å². The van der Waals surface area contributed by atoms with E-state index in [-0.39, 0.29) is 10.9 Å². The molecule has 6 heteroatoms. The summed E-state index contributed by atoms with van der Waals surface area (Å²) < 4.78 is 26.1. The molecule has 1 atom stereocenters. The van der Waals surface area contributed by atoms with Crippen LogP contribution in [0.1, 0.15) is 32.9 Å². The molecule has 0 aliphatic heterocycles. The molecule has 92 valence electrons. The molecule has 1 N–H and O–H groups in total. The molecule has 0 saturated carbocycles. The van der Waals surface area contributed by atoms with E-state index in [1.54, 1.807) is 6.92 Å². The van der Waals surface area contributed by atoms with Gasteiger partial charge in [-0.3, -0.25) is 5.10 Å². The number of hydrogen-bond donors (Lipinski definition) is 1. The number of aryl methyl sites for hydroxylation is 1. The molecule has 5 nitrogen and oxygen atoms in total. The Balaban J connectivity index is 3.15. The lowest BCUT2D eigenvalue weighted by atomic mass is 10.3. The van der Waals surface area contributed by atoms with Crippen LogP contribution in [0.25, 0.3) is 0 Å². The summed E-state index contributed by atoms with van der Waals surface area (Å²) in [5, 5.41) is 6.41. The summed E-state index contributed by atoms with van der Waals surface area (Å²) in [6, 6.07) is 0.00398. The molecule has 0 bridgehead atoms. The van der Waals surface area contributed by atoms with Gasteiger partial charge < -0.3 is 0 Å². The molecule has 0 amide bonds. The van der Waals surface area contributed by atoms with Crippen LogP contribution in [0.4, 0.5) is 0 Å². The van der Waals surface area contributed by atoms with Crippen LogP contribution in [0, 0.1) is 6.92 Å². The van der Waals surface area contributed by atoms with E-state index >= 15 is 0 Å². The van der Waals surface area contributed by atoms with Gasteiger partial charge in [0.1, 0.15) is 4.90 Å². The van der Waals surface area contributed by atoms with Gasteiger partial charge in [0.2, 0.25) is 10.0 Å². The number of hydrogen-bond acceptors (Lipinski definition) is 3. The lowest BCUT2D eigenvalue weighted by molar-refractivity contribution is 0.342. The average Bonchev–Trinajstić information content (AvgIpc) is 2.65. The summed E-state index contributed by atoms with van der Waals surface area (Å²) in [5.41, 5.74) is 0.585. The van der Waals surface area contributed by atoms with E-state index in [1.165, 1.54) is 10.5 Å². The fourth-order valence-corrected chi connectivity index (χ4v) is 3.48. The monoisotopic (exact) mass is 245 g/mol. The number of nitrogens with one attached hydrogen (secondary N) is 1. The molecule has 0 aromatic carbocycles. The molecule has 0 fully saturated rings. The molecule has 1 aromatic heterocycles. The summed E-state index contributed by atoms with van der Waals surface area (Å²) >= 11 is 0. The van der Waals surface area contributed by atoms with Crippen molar-refractivity contribution in [2.24, 2.45) is 0 Å². The van der Waals surface area contributed by atoms with Crippen LogP contribution in [-0.4, -0.2) is 35.5 Å². The van der Waals surface area contributed by atoms with Gasteiger partial charge in [0.15, 0.2) is 0 Å². The highest BCUT2D eigenvalue weighted by Gasteiger charge is 2.29. The summed E-state index contributed by atoms with van der Waals surface area (Å²) in [6.07, 6.45) is 2.17. The molecule has 0 spiro atoms. The molecular weight excluding hydrogens is 226 g/mol. The van der Waals surface area contributed by atoms with Gasteiger partial charge in [-0.1, -0.05) is 13.8 Å². The maximum absolute atomic E-state index is 12.3. The summed E-state index contributed by atoms with van der Waals surface area (Å²) in [6.45, 7) is 7.92. The van der Waals surface area contributed by atoms with Crippen molar-refractivity contribution >= 4 is 10.0 Å². The first-order valence-corrected chi connectivity index (χ1v) is 6.90. The quantitative estimate of drug-likeness (QED) is 0.855. The Bertz CT molecular complexity index is 439. The molecule has 1 aromatic rings. The van der Waals surface area contributed by atoms with Crippen molar-refractivity contribution in [1.82, 2.24) is 14.5 Å². The van der Waals surface area contributed by atoms with Gasteiger partial charge in [0, 0.05) is 12.6 Å². The Morgan fingerprint density at radius 1 is 1.50 bits per heavy atom. The first-order valence-electron chi connectivity index (χ1n) is 5.46. The van der Waals surface area contributed by atoms with E-state index in [4.69, 9.17) is 0 Å². The first-order chi connectivity index (χ1) is 7.45. The van der Waals surface area contributed by atoms with Crippen molar-refractivity contribution in [3.63, 3.8) is 0 Å². The molecule has 1 rings (SSSR count). The van der Waals surface area contributed by atoms with E-state index in [0.29, 0.717) is 12.2 Å². The average molecular weight is 245 g/mol. The third kappa shape index (κ3) is 2.27. The Morgan fingerprint density at radius 2 is 2.12 bits per heavy atom. The summed E-state index contributed by atoms with van der Waals surface area (Å²) in [5.74, 6) is 0. The summed E-state index contributed by atoms with van der Waals surface area (Å²) in [4.78, 5) is 0.273. The highest BCUT2D eigenvalue weighted by Crippen LogP contribution is 2.20. The molecule has 16 heavy (non-hydrogen) atoms. The topological polar surface area (TPSA) is 66.1 Å². The lowest BCUT2D eigenvalue weighted by Crippen LogP contribution is -2.38. The zero-order valence-electron chi connectivity index (χ0n) is 10.2. The highest BCUT2D eigenvalue weighted by molar-refractivity contribution is 7.89. The van der Waals surface area contributed by atoms with Gasteiger partial charge in [-0.15, -0.1) is 0 Å². The van der Waals surface area contributed by atoms with Gasteiger partial charge >= 0.3 is 0 Å². The van der Waals surface area contributed by atoms with E-state index in [0.717, 1.165) is 6.42 Å². The van der Waals surface area contributed by atoms with Gasteiger partial charge in [-0.2, -0.15) is 9.40 Å². The fraction of sp³-hybridized carbons (Fsp3) is 0.700. The number of aromatic nitrogens is 2. The number of aromatic amines is 1. The number of rotatable bonds is 5. The second-order valence-corrected chi connectivity index (χ2v) is 5.68. The summed E-state index contributed by atoms with van der Waals surface area (Å²) in [7, 11) is -3.41. The minimum atomic E-state index is -3.41. The second-order valence-electron chi connectivity index (χ2n) is 3.82. The van der Waals surface area contributed by atoms with Gasteiger partial charge in [0.25, 0.3) is 0 Å². The molecule has 0 radical (unpaired) electrons. The van der Waals surface area contributed by atoms with Crippen LogP contribution in [0.3, 0.4) is 0 Å². The van der Waals surface area contributed by atoms with E-state index in [9.17, 15) is 8.42 Å². The van der Waals surface area contributed by atoms with Crippen LogP contribution in [0.15, 0.2) is 11.1 Å². The van der Waals surface area contributed by atoms with Crippen molar-refractivity contribution in [2.75, 3.05) is 6.54 Å². The van der Waals surface area contributed by atoms with Crippen molar-refractivity contribution < 1.29 is 8.42 Å². The van der Waals surface area contributed by atoms with Crippen molar-refractivity contribution in [2.45, 2.75) is 45.1 Å². The smallest absolute Gasteiger partial charge is 0.246 e. The van der Waals surface area contributed by atoms with E-state index in [2.05, 4.69) is 10.2 Å². The van der Waals surface area contributed by atoms with Gasteiger partial charge in [-0.05, 0) is 20.3 Å². The third-order valence-electron chi connectivity index (χ3n) is 2.76. The number of H-pyrrole nitrogens is 1. The minimum Gasteiger partial charge on any atom is -0.281 e. The van der Waals surface area contributed by atoms with Crippen molar-refractivity contribution in [3.8, 4) is 0 Å². The van der Waals surface area contributed by atoms with Crippen LogP contribution in [-0.2, 0) is 10.0 Å². The Kier molecular flexibility index (Phi) is 4.09. The third-order valence-corrected chi connectivity index (χ3v) is 4.97. The zero-order valence-corrected chi connectivity index (χ0v) is 11.0. The minimum absolute atomic E-state index is 0.00398. The van der Waals surface area contributed by atoms with E-state index in [1.807, 2.05) is 20.8 Å². The number of nitrogens with zero attached hydrogens (tertiary/aromatic N) is 2. The fourth-order valence-electron chi connectivity index (χ4n) is 1.65. The maximum Gasteiger partial charge on any atom is 0.246 e. The predicted molar refractivity (Wildman–Crippen MR) is 62.6 cm³/mol. The second kappa shape index (κ2) is 4.97. The molecule has 0 aliphatic rings. The predicted octanol–water partition coefficient (Wildman–Crippen LogP) is 1.53. The Morgan fingerprint density at radius 3 is 2.50 bits per heavy atom. The van der Waals surface area contributed by atoms with Crippen LogP contribution in [0.5, 0.6) is 0 Å². The van der Waals surface area contributed by atoms with Gasteiger partial charge in [0.05, 0.1) is 11.9 Å². The standard InChI is InChI=1S/C10H19N3O2S/c1-5-8(3)13(6-2)16(14,15)10-7-11-12-9(10)4/h7-8H,5-6H2,1-4H3,(H,11,12). The molecule has 0 saturated heterocycles. The van der Waals surface area contributed by atoms with Crippen LogP contribution in [0.2, 0.25) is 0 Å². The number of sulfonamides is 1. The Labute approximate surface area is 96.9 Å². The SMILES string of the molecule is CCC(C)N(CC)S(=O)(=O)c1cn[nH]c1C. The maximum atomic E-state index is 12.3. The lowest BCUT2D eigenvalue weighted by Gasteiger charge is -2.25. The molecule has 1 heterocycles. The van der Waals surface area contributed by atoms with Crippen LogP contribution < -0.4 is 0 Å². The normalized spacial score (nSPS) is 14.3. The first kappa shape index (κ1) is 13.2. The Hall–Kier alpha value is -0.880. The molecule has 0 aliphatic carbocycles. The molecular formula is C10H19N3O2S. The van der Waals surface area contributed by atoms with E-state index < -0.39 is 10.0 Å². The zero-order chi connectivity index (χ0) is 12.3. The van der Waals surface area contributed by atoms with Crippen molar-refractivity contribution in [1.29, 1.82) is 0 Å².